The quantitative estimate of drug-likeness (QED) is 0.764. The molecule has 2 amide bonds. The molecule has 150 valence electrons. The van der Waals surface area contributed by atoms with Crippen LogP contribution in [0.25, 0.3) is 5.57 Å². The van der Waals surface area contributed by atoms with Crippen molar-refractivity contribution in [1.82, 2.24) is 9.80 Å². The normalized spacial score (nSPS) is 18.1. The van der Waals surface area contributed by atoms with Crippen LogP contribution < -0.4 is 4.90 Å². The Morgan fingerprint density at radius 2 is 1.52 bits per heavy atom. The highest BCUT2D eigenvalue weighted by Gasteiger charge is 2.43. The standard InChI is InChI=1S/C22H22ClN3O3/c23-17-8-4-5-9-18(17)26-21(28)19(16-6-2-1-3-7-16)20(22(26)29)25-12-10-24(11-13-25)14-15-27/h1-9,27H,10-15H2. The number of β-amino-alcohol motifs (C(OH)–C–C–N with tert-alkyl or cyclic N) is 1. The van der Waals surface area contributed by atoms with E-state index in [9.17, 15) is 9.59 Å². The summed E-state index contributed by atoms with van der Waals surface area (Å²) in [6.45, 7) is 3.38. The number of aliphatic hydroxyl groups excluding tert-OH is 1. The fourth-order valence-electron chi connectivity index (χ4n) is 3.86. The van der Waals surface area contributed by atoms with Crippen LogP contribution in [0.3, 0.4) is 0 Å². The highest BCUT2D eigenvalue weighted by atomic mass is 35.5. The zero-order valence-corrected chi connectivity index (χ0v) is 16.7. The lowest BCUT2D eigenvalue weighted by atomic mass is 10.0. The summed E-state index contributed by atoms with van der Waals surface area (Å²) in [5.74, 6) is -0.709. The molecule has 0 radical (unpaired) electrons. The van der Waals surface area contributed by atoms with Crippen LogP contribution in [-0.2, 0) is 9.59 Å². The number of halogens is 1. The number of amides is 2. The third kappa shape index (κ3) is 3.67. The molecule has 4 rings (SSSR count). The monoisotopic (exact) mass is 411 g/mol. The van der Waals surface area contributed by atoms with Crippen LogP contribution in [-0.4, -0.2) is 66.1 Å². The van der Waals surface area contributed by atoms with Gasteiger partial charge in [0.1, 0.15) is 5.70 Å². The third-order valence-corrected chi connectivity index (χ3v) is 5.64. The second kappa shape index (κ2) is 8.37. The lowest BCUT2D eigenvalue weighted by Crippen LogP contribution is -2.48. The number of nitrogens with zero attached hydrogens (tertiary/aromatic N) is 3. The number of benzene rings is 2. The van der Waals surface area contributed by atoms with E-state index in [2.05, 4.69) is 4.90 Å². The lowest BCUT2D eigenvalue weighted by Gasteiger charge is -2.36. The molecule has 2 aromatic rings. The number of carbonyl (C=O) groups excluding carboxylic acids is 2. The number of anilines is 1. The van der Waals surface area contributed by atoms with Gasteiger partial charge in [0.2, 0.25) is 0 Å². The zero-order chi connectivity index (χ0) is 20.4. The van der Waals surface area contributed by atoms with E-state index in [1.165, 1.54) is 4.90 Å². The molecule has 1 fully saturated rings. The van der Waals surface area contributed by atoms with Gasteiger partial charge in [-0.1, -0.05) is 54.1 Å². The molecule has 2 heterocycles. The van der Waals surface area contributed by atoms with Crippen molar-refractivity contribution in [2.24, 2.45) is 0 Å². The van der Waals surface area contributed by atoms with Crippen molar-refractivity contribution >= 4 is 34.7 Å². The summed E-state index contributed by atoms with van der Waals surface area (Å²) in [5.41, 5.74) is 1.94. The minimum absolute atomic E-state index is 0.107. The van der Waals surface area contributed by atoms with E-state index in [1.54, 1.807) is 24.3 Å². The molecule has 0 aromatic heterocycles. The van der Waals surface area contributed by atoms with Gasteiger partial charge in [-0.15, -0.1) is 0 Å². The maximum Gasteiger partial charge on any atom is 0.282 e. The fraction of sp³-hybridized carbons (Fsp3) is 0.273. The Morgan fingerprint density at radius 1 is 0.862 bits per heavy atom. The van der Waals surface area contributed by atoms with Crippen LogP contribution in [0.1, 0.15) is 5.56 Å². The number of piperazine rings is 1. The number of hydrogen-bond donors (Lipinski definition) is 1. The first-order valence-corrected chi connectivity index (χ1v) is 10.0. The van der Waals surface area contributed by atoms with E-state index >= 15 is 0 Å². The van der Waals surface area contributed by atoms with E-state index in [0.29, 0.717) is 47.2 Å². The Balaban J connectivity index is 1.74. The van der Waals surface area contributed by atoms with E-state index in [0.717, 1.165) is 13.1 Å². The Morgan fingerprint density at radius 3 is 2.17 bits per heavy atom. The minimum atomic E-state index is -0.359. The van der Waals surface area contributed by atoms with Crippen molar-refractivity contribution in [2.45, 2.75) is 0 Å². The molecule has 7 heteroatoms. The Kier molecular flexibility index (Phi) is 5.67. The van der Waals surface area contributed by atoms with E-state index in [1.807, 2.05) is 35.2 Å². The maximum absolute atomic E-state index is 13.5. The number of imide groups is 1. The van der Waals surface area contributed by atoms with Gasteiger partial charge in [0.15, 0.2) is 0 Å². The first-order valence-electron chi connectivity index (χ1n) is 9.63. The van der Waals surface area contributed by atoms with E-state index < -0.39 is 0 Å². The van der Waals surface area contributed by atoms with Crippen LogP contribution in [0, 0.1) is 0 Å². The van der Waals surface area contributed by atoms with Crippen molar-refractivity contribution < 1.29 is 14.7 Å². The zero-order valence-electron chi connectivity index (χ0n) is 15.9. The number of hydrogen-bond acceptors (Lipinski definition) is 5. The molecule has 0 saturated carbocycles. The Bertz CT molecular complexity index is 953. The average molecular weight is 412 g/mol. The molecule has 1 saturated heterocycles. The van der Waals surface area contributed by atoms with Gasteiger partial charge in [0.05, 0.1) is 22.9 Å². The molecule has 2 aliphatic rings. The number of aliphatic hydroxyl groups is 1. The van der Waals surface area contributed by atoms with Gasteiger partial charge in [-0.05, 0) is 17.7 Å². The SMILES string of the molecule is O=C1C(c2ccccc2)=C(N2CCN(CCO)CC2)C(=O)N1c1ccccc1Cl. The molecule has 29 heavy (non-hydrogen) atoms. The Labute approximate surface area is 174 Å². The van der Waals surface area contributed by atoms with Crippen LogP contribution >= 0.6 is 11.6 Å². The van der Waals surface area contributed by atoms with E-state index in [4.69, 9.17) is 16.7 Å². The predicted octanol–water partition coefficient (Wildman–Crippen LogP) is 2.23. The first kappa shape index (κ1) is 19.6. The summed E-state index contributed by atoms with van der Waals surface area (Å²) in [4.78, 5) is 32.2. The molecule has 6 nitrogen and oxygen atoms in total. The van der Waals surface area contributed by atoms with Gasteiger partial charge >= 0.3 is 0 Å². The van der Waals surface area contributed by atoms with Crippen LogP contribution in [0.15, 0.2) is 60.3 Å². The Hall–Kier alpha value is -2.67. The van der Waals surface area contributed by atoms with Crippen molar-refractivity contribution in [3.63, 3.8) is 0 Å². The smallest absolute Gasteiger partial charge is 0.282 e. The number of rotatable bonds is 5. The summed E-state index contributed by atoms with van der Waals surface area (Å²) in [6.07, 6.45) is 0. The summed E-state index contributed by atoms with van der Waals surface area (Å²) in [7, 11) is 0. The van der Waals surface area contributed by atoms with Crippen LogP contribution in [0.2, 0.25) is 5.02 Å². The van der Waals surface area contributed by atoms with Gasteiger partial charge < -0.3 is 10.0 Å². The summed E-state index contributed by atoms with van der Waals surface area (Å²) >= 11 is 6.31. The van der Waals surface area contributed by atoms with Gasteiger partial charge in [-0.2, -0.15) is 0 Å². The van der Waals surface area contributed by atoms with Crippen molar-refractivity contribution in [2.75, 3.05) is 44.2 Å². The first-order chi connectivity index (χ1) is 14.1. The molecule has 0 spiro atoms. The summed E-state index contributed by atoms with van der Waals surface area (Å²) in [5, 5.41) is 9.52. The third-order valence-electron chi connectivity index (χ3n) is 5.32. The maximum atomic E-state index is 13.5. The van der Waals surface area contributed by atoms with Gasteiger partial charge in [0.25, 0.3) is 11.8 Å². The lowest BCUT2D eigenvalue weighted by molar-refractivity contribution is -0.120. The topological polar surface area (TPSA) is 64.1 Å². The van der Waals surface area contributed by atoms with Gasteiger partial charge in [0, 0.05) is 32.7 Å². The highest BCUT2D eigenvalue weighted by molar-refractivity contribution is 6.47. The van der Waals surface area contributed by atoms with Crippen molar-refractivity contribution in [3.05, 3.63) is 70.9 Å². The number of carbonyl (C=O) groups is 2. The van der Waals surface area contributed by atoms with Crippen LogP contribution in [0.5, 0.6) is 0 Å². The van der Waals surface area contributed by atoms with E-state index in [-0.39, 0.29) is 18.4 Å². The molecule has 0 atom stereocenters. The molecule has 2 aromatic carbocycles. The summed E-state index contributed by atoms with van der Waals surface area (Å²) < 4.78 is 0. The summed E-state index contributed by atoms with van der Waals surface area (Å²) in [6, 6.07) is 16.2. The predicted molar refractivity (Wildman–Crippen MR) is 112 cm³/mol. The van der Waals surface area contributed by atoms with Crippen molar-refractivity contribution in [1.29, 1.82) is 0 Å². The minimum Gasteiger partial charge on any atom is -0.395 e. The molecular weight excluding hydrogens is 390 g/mol. The fourth-order valence-corrected chi connectivity index (χ4v) is 4.09. The average Bonchev–Trinajstić information content (AvgIpc) is 3.00. The van der Waals surface area contributed by atoms with Gasteiger partial charge in [-0.3, -0.25) is 14.5 Å². The molecule has 0 bridgehead atoms. The molecule has 0 aliphatic carbocycles. The largest absolute Gasteiger partial charge is 0.395 e. The molecule has 0 unspecified atom stereocenters. The molecular formula is C22H22ClN3O3. The highest BCUT2D eigenvalue weighted by Crippen LogP contribution is 2.37. The van der Waals surface area contributed by atoms with Crippen molar-refractivity contribution in [3.8, 4) is 0 Å². The second-order valence-corrected chi connectivity index (χ2v) is 7.45. The molecule has 1 N–H and O–H groups in total. The second-order valence-electron chi connectivity index (χ2n) is 7.04. The number of para-hydroxylation sites is 1. The van der Waals surface area contributed by atoms with Crippen LogP contribution in [0.4, 0.5) is 5.69 Å². The van der Waals surface area contributed by atoms with Gasteiger partial charge in [-0.25, -0.2) is 4.90 Å². The molecule has 2 aliphatic heterocycles.